The number of hydrogen-bond acceptors (Lipinski definition) is 7. The van der Waals surface area contributed by atoms with Gasteiger partial charge in [0.15, 0.2) is 0 Å². The highest BCUT2D eigenvalue weighted by Crippen LogP contribution is 2.01. The molecule has 1 rings (SSSR count). The first-order valence-corrected chi connectivity index (χ1v) is 7.52. The van der Waals surface area contributed by atoms with Crippen LogP contribution in [-0.4, -0.2) is 51.3 Å². The maximum absolute atomic E-state index is 12.2. The number of carbonyl (C=O) groups excluding carboxylic acids is 2. The average Bonchev–Trinajstić information content (AvgIpc) is 2.53. The molecule has 0 fully saturated rings. The molecule has 2 amide bonds. The number of carbonyl (C=O) groups is 2. The number of nitrogens with two attached hydrogens (primary N) is 1. The normalized spacial score (nSPS) is 10.2. The summed E-state index contributed by atoms with van der Waals surface area (Å²) in [4.78, 5) is 23.8. The van der Waals surface area contributed by atoms with Gasteiger partial charge in [-0.2, -0.15) is 5.12 Å². The van der Waals surface area contributed by atoms with E-state index in [4.69, 9.17) is 5.84 Å². The summed E-state index contributed by atoms with van der Waals surface area (Å²) >= 11 is 0. The third-order valence-electron chi connectivity index (χ3n) is 3.36. The fourth-order valence-electron chi connectivity index (χ4n) is 2.08. The number of hydrogen-bond donors (Lipinski definition) is 6. The van der Waals surface area contributed by atoms with E-state index in [1.807, 2.05) is 6.92 Å². The summed E-state index contributed by atoms with van der Waals surface area (Å²) in [6.45, 7) is 2.00. The van der Waals surface area contributed by atoms with Crippen molar-refractivity contribution in [2.75, 3.05) is 0 Å². The molecule has 0 aliphatic carbocycles. The van der Waals surface area contributed by atoms with Crippen LogP contribution >= 0.6 is 0 Å². The molecular formula is C13H21B2N3O6. The van der Waals surface area contributed by atoms with E-state index in [1.165, 1.54) is 6.07 Å². The van der Waals surface area contributed by atoms with Gasteiger partial charge in [-0.15, -0.1) is 0 Å². The van der Waals surface area contributed by atoms with Crippen molar-refractivity contribution >= 4 is 37.0 Å². The largest absolute Gasteiger partial charge is 0.488 e. The molecule has 24 heavy (non-hydrogen) atoms. The van der Waals surface area contributed by atoms with Crippen LogP contribution in [0.3, 0.4) is 0 Å². The number of benzene rings is 1. The first kappa shape index (κ1) is 20.1. The number of unbranched alkanes of at least 4 members (excludes halogenated alkanes) is 2. The van der Waals surface area contributed by atoms with Crippen molar-refractivity contribution in [2.45, 2.75) is 32.6 Å². The SMILES string of the molecule is CCCCCC(=O)NN(N)C(=O)c1ccc(B(O)O)c(B(O)O)c1. The summed E-state index contributed by atoms with van der Waals surface area (Å²) in [5, 5.41) is 37.4. The van der Waals surface area contributed by atoms with Crippen molar-refractivity contribution in [3.8, 4) is 0 Å². The van der Waals surface area contributed by atoms with E-state index in [0.29, 0.717) is 11.5 Å². The maximum Gasteiger partial charge on any atom is 0.488 e. The Hall–Kier alpha value is -1.91. The Balaban J connectivity index is 2.83. The minimum absolute atomic E-state index is 0.0566. The van der Waals surface area contributed by atoms with E-state index in [0.717, 1.165) is 25.0 Å². The Morgan fingerprint density at radius 1 is 1.12 bits per heavy atom. The lowest BCUT2D eigenvalue weighted by Crippen LogP contribution is -2.52. The molecule has 0 bridgehead atoms. The molecule has 0 spiro atoms. The van der Waals surface area contributed by atoms with E-state index in [2.05, 4.69) is 5.43 Å². The van der Waals surface area contributed by atoms with Crippen LogP contribution in [0.1, 0.15) is 43.0 Å². The Morgan fingerprint density at radius 3 is 2.29 bits per heavy atom. The second-order valence-electron chi connectivity index (χ2n) is 5.26. The van der Waals surface area contributed by atoms with Crippen molar-refractivity contribution in [3.05, 3.63) is 23.8 Å². The topological polar surface area (TPSA) is 156 Å². The summed E-state index contributed by atoms with van der Waals surface area (Å²) in [6.07, 6.45) is 2.74. The fourth-order valence-corrected chi connectivity index (χ4v) is 2.08. The van der Waals surface area contributed by atoms with Crippen molar-refractivity contribution in [2.24, 2.45) is 5.84 Å². The monoisotopic (exact) mass is 337 g/mol. The quantitative estimate of drug-likeness (QED) is 0.102. The van der Waals surface area contributed by atoms with Crippen LogP contribution < -0.4 is 22.2 Å². The van der Waals surface area contributed by atoms with Crippen LogP contribution in [0.15, 0.2) is 18.2 Å². The van der Waals surface area contributed by atoms with Gasteiger partial charge >= 0.3 is 14.2 Å². The van der Waals surface area contributed by atoms with Crippen LogP contribution in [0.2, 0.25) is 0 Å². The first-order chi connectivity index (χ1) is 11.3. The highest BCUT2D eigenvalue weighted by molar-refractivity contribution is 6.71. The molecule has 0 atom stereocenters. The van der Waals surface area contributed by atoms with Gasteiger partial charge in [0.2, 0.25) is 5.91 Å². The van der Waals surface area contributed by atoms with Gasteiger partial charge in [0, 0.05) is 12.0 Å². The molecule has 0 radical (unpaired) electrons. The highest BCUT2D eigenvalue weighted by atomic mass is 16.4. The standard InChI is InChI=1S/C13H21B2N3O6/c1-2-3-4-5-12(19)17-18(16)13(20)9-6-7-10(14(21)22)11(8-9)15(23)24/h6-8,21-24H,2-5,16H2,1H3,(H,17,19). The highest BCUT2D eigenvalue weighted by Gasteiger charge is 2.25. The third-order valence-corrected chi connectivity index (χ3v) is 3.36. The second-order valence-corrected chi connectivity index (χ2v) is 5.26. The zero-order chi connectivity index (χ0) is 18.3. The van der Waals surface area contributed by atoms with Gasteiger partial charge in [0.25, 0.3) is 5.91 Å². The molecule has 11 heteroatoms. The smallest absolute Gasteiger partial charge is 0.423 e. The number of rotatable bonds is 7. The molecule has 9 nitrogen and oxygen atoms in total. The number of amides is 2. The molecule has 0 aliphatic heterocycles. The van der Waals surface area contributed by atoms with Gasteiger partial charge in [0.1, 0.15) is 0 Å². The lowest BCUT2D eigenvalue weighted by Gasteiger charge is -2.18. The number of nitrogens with zero attached hydrogens (tertiary/aromatic N) is 1. The fraction of sp³-hybridized carbons (Fsp3) is 0.385. The van der Waals surface area contributed by atoms with Crippen molar-refractivity contribution in [1.82, 2.24) is 10.5 Å². The lowest BCUT2D eigenvalue weighted by molar-refractivity contribution is -0.125. The third kappa shape index (κ3) is 5.62. The molecule has 1 aromatic rings. The second kappa shape index (κ2) is 9.40. The maximum atomic E-state index is 12.2. The number of nitrogens with one attached hydrogen (secondary N) is 1. The Morgan fingerprint density at radius 2 is 1.75 bits per heavy atom. The van der Waals surface area contributed by atoms with Crippen molar-refractivity contribution in [3.63, 3.8) is 0 Å². The molecule has 130 valence electrons. The molecule has 0 heterocycles. The van der Waals surface area contributed by atoms with Gasteiger partial charge in [-0.3, -0.25) is 9.59 Å². The Kier molecular flexibility index (Phi) is 7.89. The first-order valence-electron chi connectivity index (χ1n) is 7.52. The summed E-state index contributed by atoms with van der Waals surface area (Å²) in [6, 6.07) is 3.44. The van der Waals surface area contributed by atoms with Crippen molar-refractivity contribution in [1.29, 1.82) is 0 Å². The average molecular weight is 337 g/mol. The van der Waals surface area contributed by atoms with Crippen LogP contribution in [0.25, 0.3) is 0 Å². The summed E-state index contributed by atoms with van der Waals surface area (Å²) in [7, 11) is -3.94. The van der Waals surface area contributed by atoms with Crippen LogP contribution in [0, 0.1) is 0 Å². The molecule has 0 saturated heterocycles. The molecule has 0 unspecified atom stereocenters. The summed E-state index contributed by atoms with van der Waals surface area (Å²) < 4.78 is 0. The van der Waals surface area contributed by atoms with Crippen LogP contribution in [0.5, 0.6) is 0 Å². The van der Waals surface area contributed by atoms with E-state index >= 15 is 0 Å². The summed E-state index contributed by atoms with van der Waals surface area (Å²) in [5.74, 6) is 4.30. The van der Waals surface area contributed by atoms with Crippen LogP contribution in [-0.2, 0) is 4.79 Å². The zero-order valence-corrected chi connectivity index (χ0v) is 13.3. The van der Waals surface area contributed by atoms with Crippen LogP contribution in [0.4, 0.5) is 0 Å². The van der Waals surface area contributed by atoms with Gasteiger partial charge in [-0.1, -0.05) is 25.8 Å². The minimum Gasteiger partial charge on any atom is -0.423 e. The van der Waals surface area contributed by atoms with E-state index < -0.39 is 26.1 Å². The van der Waals surface area contributed by atoms with Gasteiger partial charge in [0.05, 0.1) is 0 Å². The zero-order valence-electron chi connectivity index (χ0n) is 13.3. The Labute approximate surface area is 140 Å². The molecule has 0 saturated carbocycles. The molecule has 0 aromatic heterocycles. The lowest BCUT2D eigenvalue weighted by atomic mass is 9.65. The van der Waals surface area contributed by atoms with E-state index in [9.17, 15) is 29.7 Å². The predicted molar refractivity (Wildman–Crippen MR) is 88.7 cm³/mol. The number of hydrazine groups is 2. The molecule has 7 N–H and O–H groups in total. The van der Waals surface area contributed by atoms with Gasteiger partial charge < -0.3 is 20.1 Å². The minimum atomic E-state index is -2.01. The molecule has 0 aliphatic rings. The predicted octanol–water partition coefficient (Wildman–Crippen LogP) is -3.03. The van der Waals surface area contributed by atoms with E-state index in [-0.39, 0.29) is 22.9 Å². The van der Waals surface area contributed by atoms with Gasteiger partial charge in [-0.25, -0.2) is 11.3 Å². The molecular weight excluding hydrogens is 316 g/mol. The van der Waals surface area contributed by atoms with Gasteiger partial charge in [-0.05, 0) is 29.5 Å². The Bertz CT molecular complexity index is 585. The molecule has 1 aromatic carbocycles. The van der Waals surface area contributed by atoms with Crippen molar-refractivity contribution < 1.29 is 29.7 Å². The summed E-state index contributed by atoms with van der Waals surface area (Å²) in [5.41, 5.74) is 1.76. The van der Waals surface area contributed by atoms with E-state index in [1.54, 1.807) is 0 Å².